The summed E-state index contributed by atoms with van der Waals surface area (Å²) in [6, 6.07) is 17.4. The van der Waals surface area contributed by atoms with Gasteiger partial charge in [0.2, 0.25) is 5.91 Å². The van der Waals surface area contributed by atoms with Crippen molar-refractivity contribution in [1.82, 2.24) is 0 Å². The molecule has 0 aliphatic heterocycles. The monoisotopic (exact) mass is 335 g/mol. The summed E-state index contributed by atoms with van der Waals surface area (Å²) >= 11 is 7.77. The first-order valence-electron chi connectivity index (χ1n) is 5.94. The van der Waals surface area contributed by atoms with Gasteiger partial charge in [-0.05, 0) is 40.0 Å². The van der Waals surface area contributed by atoms with Gasteiger partial charge in [0, 0.05) is 4.47 Å². The molecule has 2 aromatic rings. The first kappa shape index (κ1) is 14.2. The van der Waals surface area contributed by atoms with E-state index in [2.05, 4.69) is 33.9 Å². The maximum Gasteiger partial charge on any atom is 0.237 e. The molecule has 0 spiro atoms. The van der Waals surface area contributed by atoms with Crippen molar-refractivity contribution in [2.75, 3.05) is 5.32 Å². The first-order valence-corrected chi connectivity index (χ1v) is 7.25. The lowest BCUT2D eigenvalue weighted by atomic mass is 10.1. The van der Waals surface area contributed by atoms with Gasteiger partial charge in [0.25, 0.3) is 0 Å². The van der Waals surface area contributed by atoms with Crippen molar-refractivity contribution in [1.29, 1.82) is 0 Å². The van der Waals surface area contributed by atoms with Gasteiger partial charge in [-0.1, -0.05) is 42.5 Å². The van der Waals surface area contributed by atoms with Crippen LogP contribution >= 0.6 is 28.6 Å². The minimum Gasteiger partial charge on any atom is -0.324 e. The van der Waals surface area contributed by atoms with E-state index in [0.29, 0.717) is 6.42 Å². The van der Waals surface area contributed by atoms with Crippen LogP contribution in [-0.4, -0.2) is 11.2 Å². The first-order chi connectivity index (χ1) is 9.16. The molecule has 4 heteroatoms. The van der Waals surface area contributed by atoms with Crippen LogP contribution in [0.25, 0.3) is 0 Å². The van der Waals surface area contributed by atoms with E-state index in [-0.39, 0.29) is 11.2 Å². The summed E-state index contributed by atoms with van der Waals surface area (Å²) < 4.78 is 0.864. The highest BCUT2D eigenvalue weighted by Crippen LogP contribution is 2.22. The minimum absolute atomic E-state index is 0.0981. The van der Waals surface area contributed by atoms with Crippen molar-refractivity contribution >= 4 is 40.2 Å². The number of carbonyl (C=O) groups is 1. The smallest absolute Gasteiger partial charge is 0.237 e. The molecule has 0 bridgehead atoms. The Hall–Kier alpha value is -1.26. The maximum atomic E-state index is 12.1. The molecule has 0 saturated carbocycles. The lowest BCUT2D eigenvalue weighted by Crippen LogP contribution is -2.25. The van der Waals surface area contributed by atoms with E-state index in [1.807, 2.05) is 54.6 Å². The highest BCUT2D eigenvalue weighted by atomic mass is 79.9. The molecular weight excluding hydrogens is 322 g/mol. The summed E-state index contributed by atoms with van der Waals surface area (Å²) in [6.45, 7) is 0. The van der Waals surface area contributed by atoms with Crippen molar-refractivity contribution < 1.29 is 4.79 Å². The van der Waals surface area contributed by atoms with Crippen LogP contribution in [0.2, 0.25) is 0 Å². The molecule has 0 fully saturated rings. The fourth-order valence-corrected chi connectivity index (χ4v) is 2.37. The quantitative estimate of drug-likeness (QED) is 0.814. The number of halogens is 1. The lowest BCUT2D eigenvalue weighted by molar-refractivity contribution is -0.115. The van der Waals surface area contributed by atoms with Crippen molar-refractivity contribution in [3.05, 3.63) is 64.6 Å². The van der Waals surface area contributed by atoms with Gasteiger partial charge in [0.05, 0.1) is 10.9 Å². The normalized spacial score (nSPS) is 11.9. The number of anilines is 1. The second kappa shape index (κ2) is 6.78. The molecule has 1 amide bonds. The maximum absolute atomic E-state index is 12.1. The van der Waals surface area contributed by atoms with Gasteiger partial charge < -0.3 is 5.32 Å². The summed E-state index contributed by atoms with van der Waals surface area (Å²) in [6.07, 6.45) is 0.611. The molecule has 1 N–H and O–H groups in total. The number of carbonyl (C=O) groups excluding carboxylic acids is 1. The van der Waals surface area contributed by atoms with E-state index < -0.39 is 0 Å². The van der Waals surface area contributed by atoms with Gasteiger partial charge in [-0.2, -0.15) is 12.6 Å². The Kier molecular flexibility index (Phi) is 5.05. The van der Waals surface area contributed by atoms with Crippen molar-refractivity contribution in [3.63, 3.8) is 0 Å². The number of nitrogens with one attached hydrogen (secondary N) is 1. The second-order valence-corrected chi connectivity index (χ2v) is 5.65. The molecule has 0 saturated heterocycles. The summed E-state index contributed by atoms with van der Waals surface area (Å²) in [7, 11) is 0. The Morgan fingerprint density at radius 3 is 2.42 bits per heavy atom. The van der Waals surface area contributed by atoms with E-state index in [1.165, 1.54) is 0 Å². The average molecular weight is 336 g/mol. The van der Waals surface area contributed by atoms with Gasteiger partial charge in [-0.25, -0.2) is 0 Å². The van der Waals surface area contributed by atoms with Gasteiger partial charge in [0.1, 0.15) is 0 Å². The van der Waals surface area contributed by atoms with Crippen LogP contribution in [0.4, 0.5) is 5.69 Å². The van der Waals surface area contributed by atoms with E-state index >= 15 is 0 Å². The van der Waals surface area contributed by atoms with Gasteiger partial charge in [0.15, 0.2) is 0 Å². The van der Waals surface area contributed by atoms with Gasteiger partial charge in [-0.3, -0.25) is 4.79 Å². The molecule has 19 heavy (non-hydrogen) atoms. The number of amides is 1. The van der Waals surface area contributed by atoms with Crippen LogP contribution < -0.4 is 5.32 Å². The Morgan fingerprint density at radius 2 is 1.74 bits per heavy atom. The standard InChI is InChI=1S/C15H14BrNOS/c16-12-8-4-5-9-13(12)17-15(18)14(19)10-11-6-2-1-3-7-11/h1-9,14,19H,10H2,(H,17,18). The molecule has 0 aromatic heterocycles. The number of para-hydroxylation sites is 1. The third kappa shape index (κ3) is 4.11. The Labute approximate surface area is 126 Å². The van der Waals surface area contributed by atoms with E-state index in [4.69, 9.17) is 0 Å². The Balaban J connectivity index is 1.99. The van der Waals surface area contributed by atoms with Crippen LogP contribution in [0.5, 0.6) is 0 Å². The van der Waals surface area contributed by atoms with Gasteiger partial charge >= 0.3 is 0 Å². The molecule has 2 aromatic carbocycles. The minimum atomic E-state index is -0.366. The fourth-order valence-electron chi connectivity index (χ4n) is 1.71. The molecule has 1 atom stereocenters. The number of thiol groups is 1. The van der Waals surface area contributed by atoms with Crippen LogP contribution in [-0.2, 0) is 11.2 Å². The Bertz CT molecular complexity index is 559. The zero-order valence-corrected chi connectivity index (χ0v) is 12.7. The zero-order valence-electron chi connectivity index (χ0n) is 10.2. The third-order valence-electron chi connectivity index (χ3n) is 2.71. The van der Waals surface area contributed by atoms with Crippen molar-refractivity contribution in [2.45, 2.75) is 11.7 Å². The topological polar surface area (TPSA) is 29.1 Å². The number of hydrogen-bond donors (Lipinski definition) is 2. The van der Waals surface area contributed by atoms with Crippen LogP contribution in [0.15, 0.2) is 59.1 Å². The van der Waals surface area contributed by atoms with Crippen LogP contribution in [0.1, 0.15) is 5.56 Å². The summed E-state index contributed by atoms with van der Waals surface area (Å²) in [5.74, 6) is -0.0981. The number of rotatable bonds is 4. The number of benzene rings is 2. The molecule has 98 valence electrons. The molecule has 0 heterocycles. The SMILES string of the molecule is O=C(Nc1ccccc1Br)C(S)Cc1ccccc1. The van der Waals surface area contributed by atoms with Crippen molar-refractivity contribution in [3.8, 4) is 0 Å². The zero-order chi connectivity index (χ0) is 13.7. The summed E-state index contributed by atoms with van der Waals surface area (Å²) in [4.78, 5) is 12.1. The summed E-state index contributed by atoms with van der Waals surface area (Å²) in [5.41, 5.74) is 1.87. The van der Waals surface area contributed by atoms with Crippen LogP contribution in [0, 0.1) is 0 Å². The fraction of sp³-hybridized carbons (Fsp3) is 0.133. The van der Waals surface area contributed by atoms with E-state index in [0.717, 1.165) is 15.7 Å². The molecule has 0 aliphatic carbocycles. The van der Waals surface area contributed by atoms with Crippen molar-refractivity contribution in [2.24, 2.45) is 0 Å². The third-order valence-corrected chi connectivity index (χ3v) is 3.81. The molecule has 0 radical (unpaired) electrons. The lowest BCUT2D eigenvalue weighted by Gasteiger charge is -2.12. The van der Waals surface area contributed by atoms with E-state index in [1.54, 1.807) is 0 Å². The second-order valence-electron chi connectivity index (χ2n) is 4.17. The van der Waals surface area contributed by atoms with Crippen LogP contribution in [0.3, 0.4) is 0 Å². The predicted molar refractivity (Wildman–Crippen MR) is 85.7 cm³/mol. The highest BCUT2D eigenvalue weighted by molar-refractivity contribution is 9.10. The molecule has 2 nitrogen and oxygen atoms in total. The highest BCUT2D eigenvalue weighted by Gasteiger charge is 2.15. The molecular formula is C15H14BrNOS. The summed E-state index contributed by atoms with van der Waals surface area (Å²) in [5, 5.41) is 2.50. The molecule has 2 rings (SSSR count). The Morgan fingerprint density at radius 1 is 1.11 bits per heavy atom. The van der Waals surface area contributed by atoms with E-state index in [9.17, 15) is 4.79 Å². The largest absolute Gasteiger partial charge is 0.324 e. The predicted octanol–water partition coefficient (Wildman–Crippen LogP) is 3.93. The van der Waals surface area contributed by atoms with Gasteiger partial charge in [-0.15, -0.1) is 0 Å². The average Bonchev–Trinajstić information content (AvgIpc) is 2.42. The molecule has 1 unspecified atom stereocenters. The molecule has 0 aliphatic rings. The number of hydrogen-bond acceptors (Lipinski definition) is 2.